The third kappa shape index (κ3) is 2.60. The molecule has 3 rings (SSSR count). The van der Waals surface area contributed by atoms with E-state index in [0.717, 1.165) is 32.1 Å². The molecule has 2 saturated heterocycles. The molecule has 1 aromatic rings. The molecule has 1 aromatic heterocycles. The first-order valence-electron chi connectivity index (χ1n) is 7.25. The summed E-state index contributed by atoms with van der Waals surface area (Å²) < 4.78 is 5.40. The quantitative estimate of drug-likeness (QED) is 0.814. The lowest BCUT2D eigenvalue weighted by atomic mass is 10.0. The van der Waals surface area contributed by atoms with Crippen LogP contribution in [-0.4, -0.2) is 49.8 Å². The summed E-state index contributed by atoms with van der Waals surface area (Å²) in [6, 6.07) is 2.88. The number of anilines is 1. The fourth-order valence-electron chi connectivity index (χ4n) is 3.21. The average molecular weight is 261 g/mol. The Balaban J connectivity index is 1.81. The summed E-state index contributed by atoms with van der Waals surface area (Å²) >= 11 is 0. The van der Waals surface area contributed by atoms with E-state index in [1.54, 1.807) is 0 Å². The van der Waals surface area contributed by atoms with E-state index in [2.05, 4.69) is 36.0 Å². The van der Waals surface area contributed by atoms with Crippen LogP contribution in [0.4, 0.5) is 5.82 Å². The Morgan fingerprint density at radius 2 is 2.05 bits per heavy atom. The van der Waals surface area contributed by atoms with Gasteiger partial charge in [-0.15, -0.1) is 0 Å². The Kier molecular flexibility index (Phi) is 3.71. The molecule has 4 heteroatoms. The lowest BCUT2D eigenvalue weighted by Crippen LogP contribution is -2.37. The first kappa shape index (κ1) is 12.9. The van der Waals surface area contributed by atoms with Crippen LogP contribution in [0.5, 0.6) is 0 Å². The van der Waals surface area contributed by atoms with Crippen LogP contribution in [0.3, 0.4) is 0 Å². The SMILES string of the molecule is Cc1cc(C2CCCN2C)cnc1N1CCOCC1. The van der Waals surface area contributed by atoms with E-state index in [1.165, 1.54) is 30.5 Å². The molecule has 1 unspecified atom stereocenters. The van der Waals surface area contributed by atoms with E-state index in [-0.39, 0.29) is 0 Å². The predicted octanol–water partition coefficient (Wildman–Crippen LogP) is 1.99. The molecule has 0 amide bonds. The van der Waals surface area contributed by atoms with Gasteiger partial charge >= 0.3 is 0 Å². The summed E-state index contributed by atoms with van der Waals surface area (Å²) in [5, 5.41) is 0. The molecule has 2 aliphatic heterocycles. The Bertz CT molecular complexity index is 443. The highest BCUT2D eigenvalue weighted by Crippen LogP contribution is 2.31. The molecule has 19 heavy (non-hydrogen) atoms. The monoisotopic (exact) mass is 261 g/mol. The standard InChI is InChI=1S/C15H23N3O/c1-12-10-13(14-4-3-5-17(14)2)11-16-15(12)18-6-8-19-9-7-18/h10-11,14H,3-9H2,1-2H3. The van der Waals surface area contributed by atoms with Gasteiger partial charge in [0.2, 0.25) is 0 Å². The molecule has 1 atom stereocenters. The van der Waals surface area contributed by atoms with Gasteiger partial charge in [-0.1, -0.05) is 0 Å². The smallest absolute Gasteiger partial charge is 0.131 e. The first-order valence-corrected chi connectivity index (χ1v) is 7.25. The van der Waals surface area contributed by atoms with Crippen molar-refractivity contribution in [2.24, 2.45) is 0 Å². The minimum absolute atomic E-state index is 0.560. The zero-order valence-electron chi connectivity index (χ0n) is 11.9. The van der Waals surface area contributed by atoms with Crippen molar-refractivity contribution >= 4 is 5.82 Å². The van der Waals surface area contributed by atoms with Gasteiger partial charge in [-0.05, 0) is 50.6 Å². The fourth-order valence-corrected chi connectivity index (χ4v) is 3.21. The van der Waals surface area contributed by atoms with E-state index >= 15 is 0 Å². The van der Waals surface area contributed by atoms with E-state index in [9.17, 15) is 0 Å². The van der Waals surface area contributed by atoms with Crippen molar-refractivity contribution in [3.05, 3.63) is 23.4 Å². The second kappa shape index (κ2) is 5.47. The summed E-state index contributed by atoms with van der Waals surface area (Å²) in [5.41, 5.74) is 2.66. The second-order valence-corrected chi connectivity index (χ2v) is 5.65. The van der Waals surface area contributed by atoms with Crippen molar-refractivity contribution < 1.29 is 4.74 Å². The number of rotatable bonds is 2. The molecule has 0 spiro atoms. The molecule has 2 aliphatic rings. The third-order valence-corrected chi connectivity index (χ3v) is 4.29. The minimum atomic E-state index is 0.560. The largest absolute Gasteiger partial charge is 0.378 e. The topological polar surface area (TPSA) is 28.6 Å². The minimum Gasteiger partial charge on any atom is -0.378 e. The van der Waals surface area contributed by atoms with Crippen LogP contribution in [-0.2, 0) is 4.74 Å². The molecule has 0 radical (unpaired) electrons. The van der Waals surface area contributed by atoms with Gasteiger partial charge in [-0.2, -0.15) is 0 Å². The number of nitrogens with zero attached hydrogens (tertiary/aromatic N) is 3. The maximum absolute atomic E-state index is 5.40. The molecule has 2 fully saturated rings. The molecule has 0 saturated carbocycles. The van der Waals surface area contributed by atoms with Crippen molar-refractivity contribution in [3.63, 3.8) is 0 Å². The maximum Gasteiger partial charge on any atom is 0.131 e. The van der Waals surface area contributed by atoms with Crippen LogP contribution >= 0.6 is 0 Å². The Hall–Kier alpha value is -1.13. The summed E-state index contributed by atoms with van der Waals surface area (Å²) in [6.07, 6.45) is 4.63. The van der Waals surface area contributed by atoms with Crippen LogP contribution in [0.15, 0.2) is 12.3 Å². The third-order valence-electron chi connectivity index (χ3n) is 4.29. The number of ether oxygens (including phenoxy) is 1. The van der Waals surface area contributed by atoms with Crippen molar-refractivity contribution in [1.82, 2.24) is 9.88 Å². The zero-order chi connectivity index (χ0) is 13.2. The fraction of sp³-hybridized carbons (Fsp3) is 0.667. The van der Waals surface area contributed by atoms with Crippen molar-refractivity contribution in [3.8, 4) is 0 Å². The van der Waals surface area contributed by atoms with Crippen LogP contribution in [0.25, 0.3) is 0 Å². The van der Waals surface area contributed by atoms with E-state index in [0.29, 0.717) is 6.04 Å². The molecule has 0 aromatic carbocycles. The molecule has 4 nitrogen and oxygen atoms in total. The molecule has 104 valence electrons. The van der Waals surface area contributed by atoms with Crippen LogP contribution in [0, 0.1) is 6.92 Å². The van der Waals surface area contributed by atoms with Gasteiger partial charge in [-0.25, -0.2) is 4.98 Å². The zero-order valence-corrected chi connectivity index (χ0v) is 11.9. The number of morpholine rings is 1. The molecule has 3 heterocycles. The van der Waals surface area contributed by atoms with Crippen molar-refractivity contribution in [2.75, 3.05) is 44.8 Å². The van der Waals surface area contributed by atoms with Gasteiger partial charge in [0.15, 0.2) is 0 Å². The lowest BCUT2D eigenvalue weighted by molar-refractivity contribution is 0.122. The normalized spacial score (nSPS) is 24.9. The van der Waals surface area contributed by atoms with Crippen LogP contribution in [0.2, 0.25) is 0 Å². The Morgan fingerprint density at radius 3 is 2.68 bits per heavy atom. The molecule has 0 N–H and O–H groups in total. The highest BCUT2D eigenvalue weighted by atomic mass is 16.5. The molecule has 0 aliphatic carbocycles. The van der Waals surface area contributed by atoms with Crippen molar-refractivity contribution in [1.29, 1.82) is 0 Å². The van der Waals surface area contributed by atoms with Gasteiger partial charge in [-0.3, -0.25) is 4.90 Å². The number of aryl methyl sites for hydroxylation is 1. The average Bonchev–Trinajstić information content (AvgIpc) is 2.86. The second-order valence-electron chi connectivity index (χ2n) is 5.65. The number of likely N-dealkylation sites (tertiary alicyclic amines) is 1. The van der Waals surface area contributed by atoms with Gasteiger partial charge < -0.3 is 9.64 Å². The van der Waals surface area contributed by atoms with E-state index in [4.69, 9.17) is 9.72 Å². The number of hydrogen-bond acceptors (Lipinski definition) is 4. The molecular formula is C15H23N3O. The van der Waals surface area contributed by atoms with Gasteiger partial charge in [0, 0.05) is 25.3 Å². The summed E-state index contributed by atoms with van der Waals surface area (Å²) in [5.74, 6) is 1.13. The van der Waals surface area contributed by atoms with Crippen LogP contribution < -0.4 is 4.90 Å². The van der Waals surface area contributed by atoms with Crippen molar-refractivity contribution in [2.45, 2.75) is 25.8 Å². The van der Waals surface area contributed by atoms with E-state index < -0.39 is 0 Å². The highest BCUT2D eigenvalue weighted by molar-refractivity contribution is 5.48. The molecular weight excluding hydrogens is 238 g/mol. The number of pyridine rings is 1. The summed E-state index contributed by atoms with van der Waals surface area (Å²) in [7, 11) is 2.21. The maximum atomic E-state index is 5.40. The predicted molar refractivity (Wildman–Crippen MR) is 76.6 cm³/mol. The molecule has 0 bridgehead atoms. The summed E-state index contributed by atoms with van der Waals surface area (Å²) in [4.78, 5) is 9.49. The first-order chi connectivity index (χ1) is 9.25. The van der Waals surface area contributed by atoms with Gasteiger partial charge in [0.25, 0.3) is 0 Å². The van der Waals surface area contributed by atoms with Gasteiger partial charge in [0.1, 0.15) is 5.82 Å². The van der Waals surface area contributed by atoms with E-state index in [1.807, 2.05) is 0 Å². The lowest BCUT2D eigenvalue weighted by Gasteiger charge is -2.29. The highest BCUT2D eigenvalue weighted by Gasteiger charge is 2.24. The summed E-state index contributed by atoms with van der Waals surface area (Å²) in [6.45, 7) is 6.92. The van der Waals surface area contributed by atoms with Crippen LogP contribution in [0.1, 0.15) is 30.0 Å². The Labute approximate surface area is 115 Å². The number of hydrogen-bond donors (Lipinski definition) is 0. The Morgan fingerprint density at radius 1 is 1.26 bits per heavy atom. The number of aromatic nitrogens is 1. The van der Waals surface area contributed by atoms with Gasteiger partial charge in [0.05, 0.1) is 13.2 Å².